The number of nitriles is 1. The number of carbonyl (C=O) groups is 1. The van der Waals surface area contributed by atoms with Crippen LogP contribution in [0.4, 0.5) is 0 Å². The van der Waals surface area contributed by atoms with E-state index in [0.29, 0.717) is 30.3 Å². The molecule has 1 aliphatic rings. The maximum absolute atomic E-state index is 12.6. The first-order chi connectivity index (χ1) is 13.7. The molecule has 7 nitrogen and oxygen atoms in total. The number of carbonyl (C=O) groups excluding carboxylic acids is 1. The van der Waals surface area contributed by atoms with Crippen molar-refractivity contribution in [3.63, 3.8) is 0 Å². The summed E-state index contributed by atoms with van der Waals surface area (Å²) >= 11 is 0. The van der Waals surface area contributed by atoms with Gasteiger partial charge in [0.25, 0.3) is 5.91 Å². The van der Waals surface area contributed by atoms with E-state index in [1.165, 1.54) is 6.20 Å². The minimum atomic E-state index is -0.0251. The molecule has 0 unspecified atom stereocenters. The van der Waals surface area contributed by atoms with Gasteiger partial charge >= 0.3 is 0 Å². The maximum Gasteiger partial charge on any atom is 0.255 e. The number of nitrogens with zero attached hydrogens (tertiary/aromatic N) is 6. The molecular weight excluding hydrogens is 352 g/mol. The first kappa shape index (κ1) is 17.9. The number of para-hydroxylation sites is 1. The summed E-state index contributed by atoms with van der Waals surface area (Å²) in [6, 6.07) is 15.3. The van der Waals surface area contributed by atoms with Gasteiger partial charge in [0.15, 0.2) is 0 Å². The average molecular weight is 372 g/mol. The van der Waals surface area contributed by atoms with Gasteiger partial charge in [0.2, 0.25) is 0 Å². The van der Waals surface area contributed by atoms with Crippen LogP contribution in [0.2, 0.25) is 0 Å². The summed E-state index contributed by atoms with van der Waals surface area (Å²) in [5.41, 5.74) is 1.91. The van der Waals surface area contributed by atoms with E-state index in [2.05, 4.69) is 15.2 Å². The molecule has 3 aromatic rings. The Morgan fingerprint density at radius 1 is 1.14 bits per heavy atom. The highest BCUT2D eigenvalue weighted by molar-refractivity contribution is 5.94. The van der Waals surface area contributed by atoms with Crippen molar-refractivity contribution in [2.45, 2.75) is 19.3 Å². The van der Waals surface area contributed by atoms with E-state index in [0.717, 1.165) is 30.8 Å². The quantitative estimate of drug-likeness (QED) is 0.702. The normalized spacial score (nSPS) is 14.6. The highest BCUT2D eigenvalue weighted by atomic mass is 16.2. The van der Waals surface area contributed by atoms with Gasteiger partial charge in [-0.3, -0.25) is 9.36 Å². The minimum absolute atomic E-state index is 0.0251. The monoisotopic (exact) mass is 372 g/mol. The molecule has 1 amide bonds. The van der Waals surface area contributed by atoms with Crippen LogP contribution >= 0.6 is 0 Å². The summed E-state index contributed by atoms with van der Waals surface area (Å²) in [7, 11) is 0. The number of aromatic nitrogens is 4. The lowest BCUT2D eigenvalue weighted by Gasteiger charge is -2.31. The van der Waals surface area contributed by atoms with Crippen molar-refractivity contribution >= 4 is 5.91 Å². The summed E-state index contributed by atoms with van der Waals surface area (Å²) in [6.07, 6.45) is 5.93. The molecule has 7 heteroatoms. The van der Waals surface area contributed by atoms with Gasteiger partial charge in [0.05, 0.1) is 5.56 Å². The zero-order chi connectivity index (χ0) is 19.3. The molecule has 0 bridgehead atoms. The van der Waals surface area contributed by atoms with E-state index in [4.69, 9.17) is 5.26 Å². The van der Waals surface area contributed by atoms with Crippen LogP contribution in [-0.4, -0.2) is 43.6 Å². The highest BCUT2D eigenvalue weighted by Gasteiger charge is 2.25. The zero-order valence-electron chi connectivity index (χ0n) is 15.4. The van der Waals surface area contributed by atoms with E-state index in [1.54, 1.807) is 18.5 Å². The Bertz CT molecular complexity index is 982. The molecule has 0 radical (unpaired) electrons. The number of benzene rings is 1. The topological polar surface area (TPSA) is 87.7 Å². The summed E-state index contributed by atoms with van der Waals surface area (Å²) in [4.78, 5) is 18.5. The molecule has 140 valence electrons. The van der Waals surface area contributed by atoms with E-state index < -0.39 is 0 Å². The molecule has 0 atom stereocenters. The Morgan fingerprint density at radius 3 is 2.61 bits per heavy atom. The lowest BCUT2D eigenvalue weighted by Crippen LogP contribution is -2.39. The van der Waals surface area contributed by atoms with Crippen LogP contribution in [0.15, 0.2) is 55.0 Å². The molecule has 28 heavy (non-hydrogen) atoms. The van der Waals surface area contributed by atoms with Crippen LogP contribution in [0.3, 0.4) is 0 Å². The standard InChI is InChI=1S/C21H20N6O/c22-13-18-7-6-17(14-23-18)21(28)26-10-8-16(9-11-26)12-20-25-24-15-27(20)19-4-2-1-3-5-19/h1-7,14-16H,8-12H2. The summed E-state index contributed by atoms with van der Waals surface area (Å²) < 4.78 is 2.03. The third kappa shape index (κ3) is 3.76. The van der Waals surface area contributed by atoms with E-state index in [-0.39, 0.29) is 5.91 Å². The van der Waals surface area contributed by atoms with Crippen molar-refractivity contribution in [2.24, 2.45) is 5.92 Å². The Labute approximate surface area is 163 Å². The van der Waals surface area contributed by atoms with Crippen molar-refractivity contribution in [3.8, 4) is 11.8 Å². The lowest BCUT2D eigenvalue weighted by molar-refractivity contribution is 0.0689. The molecule has 0 saturated carbocycles. The second-order valence-electron chi connectivity index (χ2n) is 6.94. The maximum atomic E-state index is 12.6. The summed E-state index contributed by atoms with van der Waals surface area (Å²) in [6.45, 7) is 1.42. The van der Waals surface area contributed by atoms with Crippen molar-refractivity contribution in [3.05, 3.63) is 72.1 Å². The Kier molecular flexibility index (Phi) is 5.11. The van der Waals surface area contributed by atoms with Crippen LogP contribution < -0.4 is 0 Å². The van der Waals surface area contributed by atoms with Gasteiger partial charge in [-0.2, -0.15) is 5.26 Å². The van der Waals surface area contributed by atoms with Crippen molar-refractivity contribution < 1.29 is 4.79 Å². The molecule has 2 aromatic heterocycles. The number of pyridine rings is 1. The van der Waals surface area contributed by atoms with Crippen LogP contribution in [0.1, 0.15) is 34.7 Å². The number of hydrogen-bond acceptors (Lipinski definition) is 5. The van der Waals surface area contributed by atoms with Crippen LogP contribution in [0.5, 0.6) is 0 Å². The molecule has 1 aliphatic heterocycles. The average Bonchev–Trinajstić information content (AvgIpc) is 3.22. The fourth-order valence-corrected chi connectivity index (χ4v) is 3.57. The molecule has 0 N–H and O–H groups in total. The lowest BCUT2D eigenvalue weighted by atomic mass is 9.93. The molecule has 1 saturated heterocycles. The summed E-state index contributed by atoms with van der Waals surface area (Å²) in [5.74, 6) is 1.39. The molecule has 3 heterocycles. The van der Waals surface area contributed by atoms with Crippen LogP contribution in [-0.2, 0) is 6.42 Å². The fraction of sp³-hybridized carbons (Fsp3) is 0.286. The fourth-order valence-electron chi connectivity index (χ4n) is 3.57. The first-order valence-electron chi connectivity index (χ1n) is 9.34. The Balaban J connectivity index is 1.37. The van der Waals surface area contributed by atoms with Gasteiger partial charge in [0.1, 0.15) is 23.9 Å². The highest BCUT2D eigenvalue weighted by Crippen LogP contribution is 2.23. The van der Waals surface area contributed by atoms with Gasteiger partial charge in [-0.15, -0.1) is 10.2 Å². The second kappa shape index (κ2) is 8.01. The predicted octanol–water partition coefficient (Wildman–Crippen LogP) is 2.63. The SMILES string of the molecule is N#Cc1ccc(C(=O)N2CCC(Cc3nncn3-c3ccccc3)CC2)cn1. The zero-order valence-corrected chi connectivity index (χ0v) is 15.4. The van der Waals surface area contributed by atoms with Crippen molar-refractivity contribution in [1.82, 2.24) is 24.6 Å². The van der Waals surface area contributed by atoms with Gasteiger partial charge < -0.3 is 4.90 Å². The van der Waals surface area contributed by atoms with Gasteiger partial charge in [-0.25, -0.2) is 4.98 Å². The first-order valence-corrected chi connectivity index (χ1v) is 9.34. The van der Waals surface area contributed by atoms with Gasteiger partial charge in [-0.1, -0.05) is 18.2 Å². The van der Waals surface area contributed by atoms with E-state index in [9.17, 15) is 4.79 Å². The molecule has 1 fully saturated rings. The predicted molar refractivity (Wildman–Crippen MR) is 103 cm³/mol. The largest absolute Gasteiger partial charge is 0.339 e. The summed E-state index contributed by atoms with van der Waals surface area (Å²) in [5, 5.41) is 17.2. The number of likely N-dealkylation sites (tertiary alicyclic amines) is 1. The number of hydrogen-bond donors (Lipinski definition) is 0. The number of piperidine rings is 1. The third-order valence-electron chi connectivity index (χ3n) is 5.15. The Morgan fingerprint density at radius 2 is 1.93 bits per heavy atom. The molecule has 4 rings (SSSR count). The van der Waals surface area contributed by atoms with Gasteiger partial charge in [-0.05, 0) is 43.0 Å². The smallest absolute Gasteiger partial charge is 0.255 e. The number of rotatable bonds is 4. The van der Waals surface area contributed by atoms with Crippen LogP contribution in [0.25, 0.3) is 5.69 Å². The van der Waals surface area contributed by atoms with Crippen LogP contribution in [0, 0.1) is 17.2 Å². The minimum Gasteiger partial charge on any atom is -0.339 e. The molecule has 0 aliphatic carbocycles. The third-order valence-corrected chi connectivity index (χ3v) is 5.15. The van der Waals surface area contributed by atoms with Gasteiger partial charge in [0, 0.05) is 31.4 Å². The molecule has 1 aromatic carbocycles. The van der Waals surface area contributed by atoms with E-state index >= 15 is 0 Å². The van der Waals surface area contributed by atoms with Crippen molar-refractivity contribution in [2.75, 3.05) is 13.1 Å². The number of amides is 1. The second-order valence-corrected chi connectivity index (χ2v) is 6.94. The van der Waals surface area contributed by atoms with Crippen molar-refractivity contribution in [1.29, 1.82) is 5.26 Å². The Hall–Kier alpha value is -3.53. The molecule has 0 spiro atoms. The van der Waals surface area contributed by atoms with E-state index in [1.807, 2.05) is 45.9 Å². The molecular formula is C21H20N6O.